The second-order valence-electron chi connectivity index (χ2n) is 4.58. The molecule has 1 aromatic carbocycles. The van der Waals surface area contributed by atoms with Crippen LogP contribution >= 0.6 is 15.9 Å². The molecule has 1 atom stereocenters. The molecule has 0 aliphatic rings. The number of hydrogen-bond acceptors (Lipinski definition) is 2. The fraction of sp³-hybridized carbons (Fsp3) is 0.267. The highest BCUT2D eigenvalue weighted by molar-refractivity contribution is 9.10. The molecule has 0 saturated carbocycles. The van der Waals surface area contributed by atoms with Crippen molar-refractivity contribution in [2.24, 2.45) is 0 Å². The summed E-state index contributed by atoms with van der Waals surface area (Å²) in [5, 5.41) is 3.22. The number of hydrogen-bond donors (Lipinski definition) is 1. The number of aromatic nitrogens is 1. The smallest absolute Gasteiger partial charge is 0.123 e. The van der Waals surface area contributed by atoms with Gasteiger partial charge in [0.2, 0.25) is 0 Å². The molecule has 0 spiro atoms. The van der Waals surface area contributed by atoms with Crippen molar-refractivity contribution in [3.63, 3.8) is 0 Å². The standard InChI is InChI=1S/C15H16BrFN2/c1-10-5-11(7-13(17)6-10)15(18-2)8-14-4-3-12(16)9-19-14/h3-7,9,15,18H,8H2,1-2H3. The van der Waals surface area contributed by atoms with Crippen molar-refractivity contribution in [2.75, 3.05) is 7.05 Å². The Hall–Kier alpha value is -1.26. The molecule has 2 rings (SSSR count). The summed E-state index contributed by atoms with van der Waals surface area (Å²) in [7, 11) is 1.88. The van der Waals surface area contributed by atoms with Crippen molar-refractivity contribution in [2.45, 2.75) is 19.4 Å². The van der Waals surface area contributed by atoms with Crippen LogP contribution in [-0.2, 0) is 6.42 Å². The van der Waals surface area contributed by atoms with Gasteiger partial charge in [0.25, 0.3) is 0 Å². The number of rotatable bonds is 4. The molecule has 0 amide bonds. The first-order chi connectivity index (χ1) is 9.08. The number of likely N-dealkylation sites (N-methyl/N-ethyl adjacent to an activating group) is 1. The summed E-state index contributed by atoms with van der Waals surface area (Å²) in [4.78, 5) is 4.36. The minimum absolute atomic E-state index is 0.0584. The molecule has 0 aliphatic heterocycles. The average Bonchev–Trinajstić information content (AvgIpc) is 2.37. The Morgan fingerprint density at radius 1 is 1.32 bits per heavy atom. The Morgan fingerprint density at radius 3 is 2.68 bits per heavy atom. The van der Waals surface area contributed by atoms with Gasteiger partial charge in [0.15, 0.2) is 0 Å². The van der Waals surface area contributed by atoms with E-state index in [1.54, 1.807) is 12.3 Å². The highest BCUT2D eigenvalue weighted by Gasteiger charge is 2.12. The summed E-state index contributed by atoms with van der Waals surface area (Å²) in [6.45, 7) is 1.90. The molecule has 1 unspecified atom stereocenters. The van der Waals surface area contributed by atoms with Gasteiger partial charge in [-0.3, -0.25) is 4.98 Å². The lowest BCUT2D eigenvalue weighted by Crippen LogP contribution is -2.19. The van der Waals surface area contributed by atoms with Gasteiger partial charge in [0, 0.05) is 28.8 Å². The predicted octanol–water partition coefficient (Wildman–Crippen LogP) is 3.79. The fourth-order valence-electron chi connectivity index (χ4n) is 2.09. The zero-order chi connectivity index (χ0) is 13.8. The lowest BCUT2D eigenvalue weighted by atomic mass is 10.00. The van der Waals surface area contributed by atoms with E-state index in [1.807, 2.05) is 32.2 Å². The van der Waals surface area contributed by atoms with E-state index in [-0.39, 0.29) is 11.9 Å². The van der Waals surface area contributed by atoms with Crippen molar-refractivity contribution in [1.82, 2.24) is 10.3 Å². The van der Waals surface area contributed by atoms with Crippen molar-refractivity contribution in [1.29, 1.82) is 0 Å². The summed E-state index contributed by atoms with van der Waals surface area (Å²) in [6, 6.07) is 9.11. The zero-order valence-electron chi connectivity index (χ0n) is 11.0. The second-order valence-corrected chi connectivity index (χ2v) is 5.49. The molecule has 0 bridgehead atoms. The first kappa shape index (κ1) is 14.2. The normalized spacial score (nSPS) is 12.4. The topological polar surface area (TPSA) is 24.9 Å². The van der Waals surface area contributed by atoms with E-state index in [0.29, 0.717) is 0 Å². The molecular formula is C15H16BrFN2. The molecule has 2 aromatic rings. The largest absolute Gasteiger partial charge is 0.313 e. The van der Waals surface area contributed by atoms with Crippen molar-refractivity contribution in [3.05, 3.63) is 63.6 Å². The van der Waals surface area contributed by atoms with Crippen LogP contribution in [0, 0.1) is 12.7 Å². The van der Waals surface area contributed by atoms with Crippen LogP contribution in [0.3, 0.4) is 0 Å². The summed E-state index contributed by atoms with van der Waals surface area (Å²) < 4.78 is 14.4. The summed E-state index contributed by atoms with van der Waals surface area (Å²) in [5.41, 5.74) is 2.85. The maximum Gasteiger partial charge on any atom is 0.123 e. The van der Waals surface area contributed by atoms with Crippen LogP contribution in [0.25, 0.3) is 0 Å². The third-order valence-electron chi connectivity index (χ3n) is 3.02. The molecule has 1 N–H and O–H groups in total. The van der Waals surface area contributed by atoms with Gasteiger partial charge in [-0.1, -0.05) is 6.07 Å². The molecule has 4 heteroatoms. The third-order valence-corrected chi connectivity index (χ3v) is 3.49. The first-order valence-electron chi connectivity index (χ1n) is 6.13. The van der Waals surface area contributed by atoms with Gasteiger partial charge in [-0.05, 0) is 65.3 Å². The van der Waals surface area contributed by atoms with Crippen LogP contribution in [0.2, 0.25) is 0 Å². The number of benzene rings is 1. The molecule has 100 valence electrons. The van der Waals surface area contributed by atoms with Gasteiger partial charge in [-0.15, -0.1) is 0 Å². The summed E-state index contributed by atoms with van der Waals surface area (Å²) in [6.07, 6.45) is 2.51. The Bertz CT molecular complexity index is 534. The Labute approximate surface area is 121 Å². The van der Waals surface area contributed by atoms with Crippen LogP contribution in [0.1, 0.15) is 22.9 Å². The molecule has 0 aliphatic carbocycles. The number of aryl methyl sites for hydroxylation is 1. The van der Waals surface area contributed by atoms with Gasteiger partial charge in [0.05, 0.1) is 0 Å². The highest BCUT2D eigenvalue weighted by atomic mass is 79.9. The van der Waals surface area contributed by atoms with Crippen LogP contribution in [0.4, 0.5) is 4.39 Å². The number of nitrogens with zero attached hydrogens (tertiary/aromatic N) is 1. The van der Waals surface area contributed by atoms with E-state index >= 15 is 0 Å². The van der Waals surface area contributed by atoms with E-state index in [2.05, 4.69) is 26.2 Å². The fourth-order valence-corrected chi connectivity index (χ4v) is 2.32. The summed E-state index contributed by atoms with van der Waals surface area (Å²) >= 11 is 3.37. The molecule has 1 heterocycles. The lowest BCUT2D eigenvalue weighted by molar-refractivity contribution is 0.570. The molecule has 0 radical (unpaired) electrons. The van der Waals surface area contributed by atoms with Crippen molar-refractivity contribution < 1.29 is 4.39 Å². The van der Waals surface area contributed by atoms with E-state index in [0.717, 1.165) is 27.7 Å². The Morgan fingerprint density at radius 2 is 2.11 bits per heavy atom. The highest BCUT2D eigenvalue weighted by Crippen LogP contribution is 2.20. The maximum atomic E-state index is 13.5. The van der Waals surface area contributed by atoms with E-state index in [4.69, 9.17) is 0 Å². The Kier molecular flexibility index (Phi) is 4.66. The van der Waals surface area contributed by atoms with Crippen molar-refractivity contribution >= 4 is 15.9 Å². The van der Waals surface area contributed by atoms with E-state index < -0.39 is 0 Å². The lowest BCUT2D eigenvalue weighted by Gasteiger charge is -2.17. The van der Waals surface area contributed by atoms with Gasteiger partial charge >= 0.3 is 0 Å². The third kappa shape index (κ3) is 3.85. The van der Waals surface area contributed by atoms with Crippen LogP contribution < -0.4 is 5.32 Å². The zero-order valence-corrected chi connectivity index (χ0v) is 12.5. The number of nitrogens with one attached hydrogen (secondary N) is 1. The molecule has 2 nitrogen and oxygen atoms in total. The Balaban J connectivity index is 2.22. The van der Waals surface area contributed by atoms with Gasteiger partial charge < -0.3 is 5.32 Å². The van der Waals surface area contributed by atoms with Crippen LogP contribution in [-0.4, -0.2) is 12.0 Å². The van der Waals surface area contributed by atoms with Crippen LogP contribution in [0.15, 0.2) is 41.0 Å². The molecule has 0 saturated heterocycles. The molecule has 1 aromatic heterocycles. The number of pyridine rings is 1. The summed E-state index contributed by atoms with van der Waals surface area (Å²) in [5.74, 6) is -0.195. The van der Waals surface area contributed by atoms with Gasteiger partial charge in [-0.25, -0.2) is 4.39 Å². The van der Waals surface area contributed by atoms with Crippen LogP contribution in [0.5, 0.6) is 0 Å². The molecule has 19 heavy (non-hydrogen) atoms. The monoisotopic (exact) mass is 322 g/mol. The van der Waals surface area contributed by atoms with Crippen molar-refractivity contribution in [3.8, 4) is 0 Å². The number of halogens is 2. The molecular weight excluding hydrogens is 307 g/mol. The van der Waals surface area contributed by atoms with E-state index in [1.165, 1.54) is 6.07 Å². The van der Waals surface area contributed by atoms with Gasteiger partial charge in [-0.2, -0.15) is 0 Å². The SMILES string of the molecule is CNC(Cc1ccc(Br)cn1)c1cc(C)cc(F)c1. The first-order valence-corrected chi connectivity index (χ1v) is 6.92. The predicted molar refractivity (Wildman–Crippen MR) is 78.6 cm³/mol. The van der Waals surface area contributed by atoms with E-state index in [9.17, 15) is 4.39 Å². The minimum Gasteiger partial charge on any atom is -0.313 e. The maximum absolute atomic E-state index is 13.5. The quantitative estimate of drug-likeness (QED) is 0.926. The van der Waals surface area contributed by atoms with Gasteiger partial charge in [0.1, 0.15) is 5.82 Å². The average molecular weight is 323 g/mol. The second kappa shape index (κ2) is 6.26. The molecule has 0 fully saturated rings. The minimum atomic E-state index is -0.195.